The smallest absolute Gasteiger partial charge is 0.307 e. The third kappa shape index (κ3) is 4.24. The highest BCUT2D eigenvalue weighted by atomic mass is 16.5. The summed E-state index contributed by atoms with van der Waals surface area (Å²) in [6.45, 7) is 17.4. The van der Waals surface area contributed by atoms with E-state index < -0.39 is 16.9 Å². The van der Waals surface area contributed by atoms with Gasteiger partial charge in [0.15, 0.2) is 5.78 Å². The van der Waals surface area contributed by atoms with E-state index in [1.165, 1.54) is 18.4 Å². The predicted octanol–water partition coefficient (Wildman–Crippen LogP) is 6.10. The lowest BCUT2D eigenvalue weighted by Crippen LogP contribution is -2.63. The summed E-state index contributed by atoms with van der Waals surface area (Å²) < 4.78 is 6.14. The average molecular weight is 555 g/mol. The Hall–Kier alpha value is -1.69. The predicted molar refractivity (Wildman–Crippen MR) is 157 cm³/mol. The summed E-state index contributed by atoms with van der Waals surface area (Å²) in [5.41, 5.74) is 13.9. The molecule has 6 nitrogen and oxygen atoms in total. The zero-order valence-corrected chi connectivity index (χ0v) is 26.3. The molecule has 4 N–H and O–H groups in total. The second-order valence-corrected chi connectivity index (χ2v) is 16.5. The summed E-state index contributed by atoms with van der Waals surface area (Å²) in [6, 6.07) is 0. The number of primary amides is 1. The number of carbonyl (C=O) groups is 3. The minimum atomic E-state index is -0.911. The van der Waals surface area contributed by atoms with E-state index in [2.05, 4.69) is 41.5 Å². The third-order valence-corrected chi connectivity index (χ3v) is 13.1. The molecular formula is C34H54N2O4. The normalized spacial score (nSPS) is 42.5. The van der Waals surface area contributed by atoms with Gasteiger partial charge in [0.2, 0.25) is 5.91 Å². The number of ketones is 1. The van der Waals surface area contributed by atoms with Crippen molar-refractivity contribution in [3.05, 3.63) is 11.1 Å². The highest BCUT2D eigenvalue weighted by molar-refractivity contribution is 6.01. The molecule has 0 bridgehead atoms. The Morgan fingerprint density at radius 2 is 1.60 bits per heavy atom. The molecule has 0 saturated heterocycles. The number of ether oxygens (including phenoxy) is 1. The zero-order chi connectivity index (χ0) is 29.6. The maximum atomic E-state index is 13.2. The molecule has 0 heterocycles. The van der Waals surface area contributed by atoms with Crippen LogP contribution in [0.2, 0.25) is 0 Å². The van der Waals surface area contributed by atoms with Crippen LogP contribution in [0.4, 0.5) is 0 Å². The van der Waals surface area contributed by atoms with Gasteiger partial charge in [-0.1, -0.05) is 55.4 Å². The standard InChI is InChI=1S/C34H54N2O4/c1-19(2)27-22(37)17-34(36)16-11-21-20(28(27)34)9-10-24-32(21,7)14-12-23-31(5,6)25(13-15-33(23,24)8)40-26(38)18-30(3,4)29(35)39/h19-21,23-25H,9-18,36H2,1-8H3,(H2,35,39). The summed E-state index contributed by atoms with van der Waals surface area (Å²) in [6.07, 6.45) is 8.93. The van der Waals surface area contributed by atoms with Crippen LogP contribution in [0, 0.1) is 51.2 Å². The van der Waals surface area contributed by atoms with Crippen LogP contribution >= 0.6 is 0 Å². The van der Waals surface area contributed by atoms with E-state index in [0.717, 1.165) is 44.1 Å². The highest BCUT2D eigenvalue weighted by Crippen LogP contribution is 2.72. The molecule has 1 amide bonds. The van der Waals surface area contributed by atoms with Gasteiger partial charge < -0.3 is 16.2 Å². The zero-order valence-electron chi connectivity index (χ0n) is 26.3. The fourth-order valence-electron chi connectivity index (χ4n) is 11.1. The molecule has 5 rings (SSSR count). The minimum Gasteiger partial charge on any atom is -0.462 e. The van der Waals surface area contributed by atoms with E-state index >= 15 is 0 Å². The molecule has 5 aliphatic carbocycles. The first-order chi connectivity index (χ1) is 18.4. The van der Waals surface area contributed by atoms with Gasteiger partial charge in [-0.3, -0.25) is 14.4 Å². The summed E-state index contributed by atoms with van der Waals surface area (Å²) >= 11 is 0. The first-order valence-electron chi connectivity index (χ1n) is 15.9. The quantitative estimate of drug-likeness (QED) is 0.399. The average Bonchev–Trinajstić information content (AvgIpc) is 3.10. The molecule has 224 valence electrons. The van der Waals surface area contributed by atoms with Gasteiger partial charge in [-0.15, -0.1) is 0 Å². The van der Waals surface area contributed by atoms with Crippen LogP contribution in [-0.2, 0) is 19.1 Å². The minimum absolute atomic E-state index is 0.0139. The second-order valence-electron chi connectivity index (χ2n) is 16.5. The van der Waals surface area contributed by atoms with Gasteiger partial charge in [0.05, 0.1) is 11.8 Å². The largest absolute Gasteiger partial charge is 0.462 e. The summed E-state index contributed by atoms with van der Waals surface area (Å²) in [5.74, 6) is 1.81. The number of nitrogens with two attached hydrogens (primary N) is 2. The SMILES string of the molecule is CC(C)C1=C2C3CCC4C(C)(CCC5C(C)(C)C(OC(=O)CC(C)(C)C(N)=O)CCC54C)C3CCC2(N)CC1=O. The number of rotatable bonds is 5. The van der Waals surface area contributed by atoms with Crippen LogP contribution in [0.3, 0.4) is 0 Å². The van der Waals surface area contributed by atoms with Crippen LogP contribution in [0.5, 0.6) is 0 Å². The lowest BCUT2D eigenvalue weighted by atomic mass is 9.37. The molecule has 40 heavy (non-hydrogen) atoms. The molecule has 0 aromatic rings. The Morgan fingerprint density at radius 1 is 0.950 bits per heavy atom. The summed E-state index contributed by atoms with van der Waals surface area (Å²) in [4.78, 5) is 37.9. The van der Waals surface area contributed by atoms with Gasteiger partial charge in [0.1, 0.15) is 6.10 Å². The van der Waals surface area contributed by atoms with Crippen LogP contribution in [-0.4, -0.2) is 29.3 Å². The molecule has 0 aromatic carbocycles. The fourth-order valence-corrected chi connectivity index (χ4v) is 11.1. The number of hydrogen-bond donors (Lipinski definition) is 2. The van der Waals surface area contributed by atoms with Crippen molar-refractivity contribution in [1.82, 2.24) is 0 Å². The van der Waals surface area contributed by atoms with Crippen molar-refractivity contribution in [2.75, 3.05) is 0 Å². The maximum Gasteiger partial charge on any atom is 0.307 e. The van der Waals surface area contributed by atoms with Crippen molar-refractivity contribution in [3.8, 4) is 0 Å². The Labute approximate surface area is 241 Å². The monoisotopic (exact) mass is 554 g/mol. The Kier molecular flexibility index (Phi) is 7.01. The van der Waals surface area contributed by atoms with Crippen LogP contribution in [0.25, 0.3) is 0 Å². The number of Topliss-reactive ketones (excluding diaryl/α,β-unsaturated/α-hetero) is 1. The van der Waals surface area contributed by atoms with Crippen LogP contribution < -0.4 is 11.5 Å². The van der Waals surface area contributed by atoms with E-state index in [9.17, 15) is 14.4 Å². The lowest BCUT2D eigenvalue weighted by Gasteiger charge is -2.68. The Morgan fingerprint density at radius 3 is 2.23 bits per heavy atom. The Balaban J connectivity index is 1.40. The molecular weight excluding hydrogens is 500 g/mol. The molecule has 4 fully saturated rings. The van der Waals surface area contributed by atoms with E-state index in [1.54, 1.807) is 13.8 Å². The number of allylic oxidation sites excluding steroid dienone is 1. The molecule has 0 radical (unpaired) electrons. The second kappa shape index (κ2) is 9.41. The first kappa shape index (κ1) is 29.8. The van der Waals surface area contributed by atoms with Crippen LogP contribution in [0.1, 0.15) is 120 Å². The summed E-state index contributed by atoms with van der Waals surface area (Å²) in [5, 5.41) is 0. The molecule has 4 saturated carbocycles. The molecule has 8 unspecified atom stereocenters. The van der Waals surface area contributed by atoms with Gasteiger partial charge in [-0.25, -0.2) is 0 Å². The third-order valence-electron chi connectivity index (χ3n) is 13.1. The molecule has 0 aliphatic heterocycles. The first-order valence-corrected chi connectivity index (χ1v) is 15.9. The van der Waals surface area contributed by atoms with Gasteiger partial charge in [0, 0.05) is 17.4 Å². The van der Waals surface area contributed by atoms with Crippen molar-refractivity contribution < 1.29 is 19.1 Å². The van der Waals surface area contributed by atoms with Gasteiger partial charge >= 0.3 is 5.97 Å². The number of carbonyl (C=O) groups excluding carboxylic acids is 3. The van der Waals surface area contributed by atoms with Crippen molar-refractivity contribution in [2.45, 2.75) is 131 Å². The molecule has 0 spiro atoms. The topological polar surface area (TPSA) is 112 Å². The van der Waals surface area contributed by atoms with Crippen molar-refractivity contribution in [3.63, 3.8) is 0 Å². The molecule has 0 aromatic heterocycles. The number of hydrogen-bond acceptors (Lipinski definition) is 5. The fraction of sp³-hybridized carbons (Fsp3) is 0.853. The Bertz CT molecular complexity index is 1140. The highest BCUT2D eigenvalue weighted by Gasteiger charge is 2.66. The van der Waals surface area contributed by atoms with E-state index in [-0.39, 0.29) is 40.7 Å². The van der Waals surface area contributed by atoms with Crippen molar-refractivity contribution in [2.24, 2.45) is 62.7 Å². The molecule has 5 aliphatic rings. The van der Waals surface area contributed by atoms with Crippen LogP contribution in [0.15, 0.2) is 11.1 Å². The lowest BCUT2D eigenvalue weighted by molar-refractivity contribution is -0.212. The number of amides is 1. The van der Waals surface area contributed by atoms with E-state index in [4.69, 9.17) is 16.2 Å². The molecule has 8 atom stereocenters. The van der Waals surface area contributed by atoms with E-state index in [0.29, 0.717) is 35.9 Å². The van der Waals surface area contributed by atoms with Crippen molar-refractivity contribution in [1.29, 1.82) is 0 Å². The maximum absolute atomic E-state index is 13.2. The van der Waals surface area contributed by atoms with Gasteiger partial charge in [0.25, 0.3) is 0 Å². The number of fused-ring (bicyclic) bond motifs is 7. The molecule has 6 heteroatoms. The van der Waals surface area contributed by atoms with E-state index in [1.807, 2.05) is 0 Å². The van der Waals surface area contributed by atoms with Gasteiger partial charge in [-0.2, -0.15) is 0 Å². The number of esters is 1. The van der Waals surface area contributed by atoms with Gasteiger partial charge in [-0.05, 0) is 103 Å². The summed E-state index contributed by atoms with van der Waals surface area (Å²) in [7, 11) is 0. The van der Waals surface area contributed by atoms with Crippen molar-refractivity contribution >= 4 is 17.7 Å².